The lowest BCUT2D eigenvalue weighted by Crippen LogP contribution is -2.55. The molecule has 1 atom stereocenters. The average Bonchev–Trinajstić information content (AvgIpc) is 3.05. The molecule has 0 bridgehead atoms. The predicted octanol–water partition coefficient (Wildman–Crippen LogP) is 4.84. The Morgan fingerprint density at radius 1 is 1.13 bits per heavy atom. The van der Waals surface area contributed by atoms with E-state index < -0.39 is 0 Å². The smallest absolute Gasteiger partial charge is 0.318 e. The Kier molecular flexibility index (Phi) is 10.2. The maximum absolute atomic E-state index is 12.6. The number of amides is 1. The van der Waals surface area contributed by atoms with Gasteiger partial charge in [-0.25, -0.2) is 0 Å². The van der Waals surface area contributed by atoms with Gasteiger partial charge >= 0.3 is 6.01 Å². The summed E-state index contributed by atoms with van der Waals surface area (Å²) in [6.45, 7) is 9.43. The van der Waals surface area contributed by atoms with Crippen molar-refractivity contribution in [1.29, 1.82) is 5.26 Å². The van der Waals surface area contributed by atoms with Gasteiger partial charge in [0.1, 0.15) is 12.4 Å². The minimum absolute atomic E-state index is 0.150. The lowest BCUT2D eigenvalue weighted by molar-refractivity contribution is -0.128. The molecule has 3 aromatic rings. The number of nitrogens with zero attached hydrogens (tertiary/aromatic N) is 7. The van der Waals surface area contributed by atoms with Gasteiger partial charge in [0.2, 0.25) is 5.91 Å². The van der Waals surface area contributed by atoms with Gasteiger partial charge in [-0.15, -0.1) is 0 Å². The maximum Gasteiger partial charge on any atom is 0.318 e. The molecule has 0 N–H and O–H groups in total. The third-order valence-electron chi connectivity index (χ3n) is 9.55. The number of rotatable bonds is 12. The summed E-state index contributed by atoms with van der Waals surface area (Å²) in [6, 6.07) is 15.2. The highest BCUT2D eigenvalue weighted by Crippen LogP contribution is 2.37. The molecule has 3 heterocycles. The molecular weight excluding hydrogens is 602 g/mol. The molecular formula is C35H42ClN7O3. The number of nitriles is 1. The van der Waals surface area contributed by atoms with Crippen molar-refractivity contribution in [3.05, 3.63) is 65.3 Å². The van der Waals surface area contributed by atoms with Gasteiger partial charge in [0.05, 0.1) is 42.4 Å². The fourth-order valence-corrected chi connectivity index (χ4v) is 7.17. The van der Waals surface area contributed by atoms with Crippen molar-refractivity contribution >= 4 is 39.8 Å². The highest BCUT2D eigenvalue weighted by Gasteiger charge is 2.33. The van der Waals surface area contributed by atoms with E-state index in [-0.39, 0.29) is 18.4 Å². The van der Waals surface area contributed by atoms with Crippen LogP contribution in [0.2, 0.25) is 5.02 Å². The summed E-state index contributed by atoms with van der Waals surface area (Å²) in [5.74, 6) is 0.682. The first-order valence-electron chi connectivity index (χ1n) is 16.2. The standard InChI is InChI=1S/C35H42ClN7O3/c1-3-32(44)43-18-17-42(23-27(43)13-15-37)34-28-14-16-41(31-12-5-8-25-7-4-11-29(36)33(25)31)24-30(28)38-35(39-34)46-22-20-40(19-21-45-2)26-9-6-10-26/h3-5,7-8,11-12,26-27H,1,6,9-10,13-14,16-24H2,2H3/t27-/m0/s1. The van der Waals surface area contributed by atoms with Crippen molar-refractivity contribution in [2.45, 2.75) is 50.7 Å². The van der Waals surface area contributed by atoms with Gasteiger partial charge in [-0.3, -0.25) is 9.69 Å². The van der Waals surface area contributed by atoms with Gasteiger partial charge < -0.3 is 24.2 Å². The monoisotopic (exact) mass is 643 g/mol. The third-order valence-corrected chi connectivity index (χ3v) is 9.86. The number of hydrogen-bond donors (Lipinski definition) is 0. The largest absolute Gasteiger partial charge is 0.462 e. The molecule has 0 unspecified atom stereocenters. The fraction of sp³-hybridized carbons (Fsp3) is 0.486. The molecule has 3 aliphatic rings. The highest BCUT2D eigenvalue weighted by atomic mass is 35.5. The fourth-order valence-electron chi connectivity index (χ4n) is 6.89. The van der Waals surface area contributed by atoms with Gasteiger partial charge in [-0.1, -0.05) is 48.9 Å². The van der Waals surface area contributed by atoms with Crippen LogP contribution >= 0.6 is 11.6 Å². The zero-order chi connectivity index (χ0) is 32.0. The molecule has 6 rings (SSSR count). The second-order valence-corrected chi connectivity index (χ2v) is 12.6. The molecule has 11 heteroatoms. The number of anilines is 2. The van der Waals surface area contributed by atoms with Crippen LogP contribution in [0.25, 0.3) is 10.8 Å². The van der Waals surface area contributed by atoms with E-state index in [0.29, 0.717) is 51.4 Å². The molecule has 0 radical (unpaired) electrons. The second-order valence-electron chi connectivity index (χ2n) is 12.2. The van der Waals surface area contributed by atoms with E-state index in [9.17, 15) is 10.1 Å². The number of hydrogen-bond acceptors (Lipinski definition) is 9. The molecule has 2 fully saturated rings. The minimum Gasteiger partial charge on any atom is -0.462 e. The Morgan fingerprint density at radius 2 is 1.93 bits per heavy atom. The van der Waals surface area contributed by atoms with E-state index in [1.165, 1.54) is 25.3 Å². The number of aromatic nitrogens is 2. The summed E-state index contributed by atoms with van der Waals surface area (Å²) in [5, 5.41) is 12.4. The molecule has 1 saturated heterocycles. The van der Waals surface area contributed by atoms with Crippen LogP contribution in [0.5, 0.6) is 6.01 Å². The summed E-state index contributed by atoms with van der Waals surface area (Å²) in [6.07, 6.45) is 5.99. The molecule has 1 saturated carbocycles. The highest BCUT2D eigenvalue weighted by molar-refractivity contribution is 6.36. The molecule has 242 valence electrons. The lowest BCUT2D eigenvalue weighted by Gasteiger charge is -2.42. The number of benzene rings is 2. The molecule has 1 aliphatic carbocycles. The van der Waals surface area contributed by atoms with Crippen LogP contribution in [-0.2, 0) is 22.5 Å². The van der Waals surface area contributed by atoms with Crippen LogP contribution < -0.4 is 14.5 Å². The van der Waals surface area contributed by atoms with Crippen molar-refractivity contribution in [2.24, 2.45) is 0 Å². The summed E-state index contributed by atoms with van der Waals surface area (Å²) in [4.78, 5) is 31.3. The van der Waals surface area contributed by atoms with Crippen LogP contribution in [0, 0.1) is 11.3 Å². The van der Waals surface area contributed by atoms with E-state index in [2.05, 4.69) is 51.6 Å². The van der Waals surface area contributed by atoms with Crippen molar-refractivity contribution in [2.75, 3.05) is 69.4 Å². The van der Waals surface area contributed by atoms with Crippen molar-refractivity contribution in [3.8, 4) is 12.1 Å². The Labute approximate surface area is 276 Å². The number of fused-ring (bicyclic) bond motifs is 2. The summed E-state index contributed by atoms with van der Waals surface area (Å²) >= 11 is 6.72. The van der Waals surface area contributed by atoms with Gasteiger partial charge in [-0.05, 0) is 42.9 Å². The summed E-state index contributed by atoms with van der Waals surface area (Å²) in [5.41, 5.74) is 3.09. The normalized spacial score (nSPS) is 18.3. The molecule has 2 aliphatic heterocycles. The van der Waals surface area contributed by atoms with Gasteiger partial charge in [0.25, 0.3) is 0 Å². The number of carbonyl (C=O) groups is 1. The summed E-state index contributed by atoms with van der Waals surface area (Å²) < 4.78 is 11.7. The molecule has 2 aromatic carbocycles. The Hall–Kier alpha value is -3.91. The SMILES string of the molecule is C=CC(=O)N1CCN(c2nc(OCCN(CCOC)C3CCC3)nc3c2CCN(c2cccc4cccc(Cl)c24)C3)C[C@@H]1CC#N. The maximum atomic E-state index is 12.6. The van der Waals surface area contributed by atoms with E-state index in [4.69, 9.17) is 31.0 Å². The van der Waals surface area contributed by atoms with E-state index in [0.717, 1.165) is 64.6 Å². The first kappa shape index (κ1) is 32.0. The third kappa shape index (κ3) is 6.77. The molecule has 10 nitrogen and oxygen atoms in total. The molecule has 1 aromatic heterocycles. The van der Waals surface area contributed by atoms with Gasteiger partial charge in [0, 0.05) is 69.1 Å². The average molecular weight is 644 g/mol. The Morgan fingerprint density at radius 3 is 2.67 bits per heavy atom. The number of ether oxygens (including phenoxy) is 2. The molecule has 46 heavy (non-hydrogen) atoms. The van der Waals surface area contributed by atoms with Crippen LogP contribution in [0.15, 0.2) is 49.1 Å². The number of methoxy groups -OCH3 is 1. The van der Waals surface area contributed by atoms with Crippen molar-refractivity contribution < 1.29 is 14.3 Å². The van der Waals surface area contributed by atoms with E-state index >= 15 is 0 Å². The summed E-state index contributed by atoms with van der Waals surface area (Å²) in [7, 11) is 1.74. The van der Waals surface area contributed by atoms with Crippen molar-refractivity contribution in [3.63, 3.8) is 0 Å². The first-order chi connectivity index (χ1) is 22.5. The van der Waals surface area contributed by atoms with Crippen molar-refractivity contribution in [1.82, 2.24) is 19.8 Å². The predicted molar refractivity (Wildman–Crippen MR) is 180 cm³/mol. The number of piperazine rings is 1. The zero-order valence-corrected chi connectivity index (χ0v) is 27.3. The quantitative estimate of drug-likeness (QED) is 0.257. The first-order valence-corrected chi connectivity index (χ1v) is 16.6. The minimum atomic E-state index is -0.256. The Balaban J connectivity index is 1.29. The van der Waals surface area contributed by atoms with Crippen LogP contribution in [0.4, 0.5) is 11.5 Å². The second kappa shape index (κ2) is 14.7. The molecule has 0 spiro atoms. The van der Waals surface area contributed by atoms with Crippen LogP contribution in [0.1, 0.15) is 36.9 Å². The van der Waals surface area contributed by atoms with Gasteiger partial charge in [-0.2, -0.15) is 15.2 Å². The number of halogens is 1. The van der Waals surface area contributed by atoms with E-state index in [1.54, 1.807) is 12.0 Å². The Bertz CT molecular complexity index is 1600. The zero-order valence-electron chi connectivity index (χ0n) is 26.5. The lowest BCUT2D eigenvalue weighted by atomic mass is 9.91. The number of carbonyl (C=O) groups excluding carboxylic acids is 1. The van der Waals surface area contributed by atoms with E-state index in [1.807, 2.05) is 12.1 Å². The topological polar surface area (TPSA) is 98.1 Å². The van der Waals surface area contributed by atoms with Gasteiger partial charge in [0.15, 0.2) is 0 Å². The van der Waals surface area contributed by atoms with Crippen LogP contribution in [0.3, 0.4) is 0 Å². The molecule has 1 amide bonds. The van der Waals surface area contributed by atoms with Crippen LogP contribution in [-0.4, -0.2) is 97.4 Å².